The molecule has 162 valence electrons. The molecule has 1 aromatic heterocycles. The van der Waals surface area contributed by atoms with Crippen LogP contribution in [0.5, 0.6) is 5.75 Å². The monoisotopic (exact) mass is 430 g/mol. The van der Waals surface area contributed by atoms with Crippen LogP contribution in [0.4, 0.5) is 0 Å². The molecule has 1 aliphatic rings. The predicted octanol–water partition coefficient (Wildman–Crippen LogP) is 4.16. The molecule has 1 saturated carbocycles. The van der Waals surface area contributed by atoms with Gasteiger partial charge >= 0.3 is 0 Å². The molecular formula is C23H30N2O4S. The third-order valence-electron chi connectivity index (χ3n) is 5.20. The zero-order valence-corrected chi connectivity index (χ0v) is 18.2. The van der Waals surface area contributed by atoms with E-state index in [9.17, 15) is 9.59 Å². The summed E-state index contributed by atoms with van der Waals surface area (Å²) in [6.07, 6.45) is 10.2. The summed E-state index contributed by atoms with van der Waals surface area (Å²) in [5.74, 6) is 1.22. The van der Waals surface area contributed by atoms with Gasteiger partial charge in [0.25, 0.3) is 5.91 Å². The van der Waals surface area contributed by atoms with Gasteiger partial charge in [-0.05, 0) is 73.9 Å². The van der Waals surface area contributed by atoms with Crippen LogP contribution in [0.25, 0.3) is 0 Å². The number of carbonyl (C=O) groups is 2. The lowest BCUT2D eigenvalue weighted by Gasteiger charge is -2.23. The van der Waals surface area contributed by atoms with Crippen molar-refractivity contribution in [1.29, 1.82) is 0 Å². The first kappa shape index (κ1) is 22.3. The van der Waals surface area contributed by atoms with E-state index in [1.165, 1.54) is 25.5 Å². The van der Waals surface area contributed by atoms with Crippen LogP contribution < -0.4 is 15.4 Å². The van der Waals surface area contributed by atoms with Gasteiger partial charge in [-0.2, -0.15) is 11.8 Å². The van der Waals surface area contributed by atoms with Crippen molar-refractivity contribution in [1.82, 2.24) is 10.6 Å². The lowest BCUT2D eigenvalue weighted by Crippen LogP contribution is -2.46. The number of furan rings is 1. The first-order chi connectivity index (χ1) is 14.7. The lowest BCUT2D eigenvalue weighted by molar-refractivity contribution is -0.123. The van der Waals surface area contributed by atoms with E-state index >= 15 is 0 Å². The molecule has 1 fully saturated rings. The van der Waals surface area contributed by atoms with Gasteiger partial charge in [0.15, 0.2) is 5.76 Å². The average Bonchev–Trinajstić information content (AvgIpc) is 3.31. The number of thioether (sulfide) groups is 1. The highest BCUT2D eigenvalue weighted by atomic mass is 32.2. The van der Waals surface area contributed by atoms with E-state index < -0.39 is 6.04 Å². The summed E-state index contributed by atoms with van der Waals surface area (Å²) in [4.78, 5) is 25.0. The Bertz CT molecular complexity index is 803. The highest BCUT2D eigenvalue weighted by Crippen LogP contribution is 2.24. The Balaban J connectivity index is 1.54. The van der Waals surface area contributed by atoms with E-state index in [-0.39, 0.29) is 23.7 Å². The maximum Gasteiger partial charge on any atom is 0.287 e. The second-order valence-corrected chi connectivity index (χ2v) is 8.51. The number of carbonyl (C=O) groups excluding carboxylic acids is 2. The number of amides is 2. The topological polar surface area (TPSA) is 80.6 Å². The summed E-state index contributed by atoms with van der Waals surface area (Å²) in [6.45, 7) is 0.382. The zero-order valence-electron chi connectivity index (χ0n) is 17.4. The zero-order chi connectivity index (χ0) is 21.2. The molecule has 1 aliphatic carbocycles. The molecule has 3 rings (SSSR count). The number of ether oxygens (including phenoxy) is 1. The smallest absolute Gasteiger partial charge is 0.287 e. The summed E-state index contributed by atoms with van der Waals surface area (Å²) in [5, 5.41) is 5.71. The van der Waals surface area contributed by atoms with Gasteiger partial charge in [-0.1, -0.05) is 18.6 Å². The number of hydrogen-bond acceptors (Lipinski definition) is 5. The van der Waals surface area contributed by atoms with Crippen LogP contribution in [0.1, 0.15) is 54.6 Å². The highest BCUT2D eigenvalue weighted by molar-refractivity contribution is 7.98. The number of nitrogens with one attached hydrogen (secondary N) is 2. The van der Waals surface area contributed by atoms with E-state index in [0.717, 1.165) is 29.9 Å². The number of benzene rings is 1. The normalized spacial score (nSPS) is 15.4. The largest absolute Gasteiger partial charge is 0.490 e. The molecule has 0 bridgehead atoms. The molecule has 0 radical (unpaired) electrons. The van der Waals surface area contributed by atoms with Crippen LogP contribution in [0, 0.1) is 0 Å². The minimum Gasteiger partial charge on any atom is -0.490 e. The van der Waals surface area contributed by atoms with Crippen molar-refractivity contribution in [2.45, 2.75) is 57.2 Å². The molecule has 1 aromatic carbocycles. The van der Waals surface area contributed by atoms with Crippen LogP contribution in [0.2, 0.25) is 0 Å². The van der Waals surface area contributed by atoms with E-state index in [4.69, 9.17) is 9.15 Å². The molecule has 1 atom stereocenters. The average molecular weight is 431 g/mol. The summed E-state index contributed by atoms with van der Waals surface area (Å²) in [6, 6.07) is 10.5. The van der Waals surface area contributed by atoms with Gasteiger partial charge < -0.3 is 19.8 Å². The van der Waals surface area contributed by atoms with Crippen LogP contribution in [0.3, 0.4) is 0 Å². The van der Waals surface area contributed by atoms with Gasteiger partial charge in [0.1, 0.15) is 11.8 Å². The SMILES string of the molecule is CSCCC(NC(=O)c1ccco1)C(=O)NCc1cccc(OC2CCCCC2)c1. The quantitative estimate of drug-likeness (QED) is 0.592. The Hall–Kier alpha value is -2.41. The fourth-order valence-corrected chi connectivity index (χ4v) is 4.03. The van der Waals surface area contributed by atoms with E-state index in [1.807, 2.05) is 30.5 Å². The Labute approximate surface area is 182 Å². The van der Waals surface area contributed by atoms with E-state index in [0.29, 0.717) is 13.0 Å². The van der Waals surface area contributed by atoms with E-state index in [2.05, 4.69) is 10.6 Å². The molecular weight excluding hydrogens is 400 g/mol. The van der Waals surface area contributed by atoms with Crippen molar-refractivity contribution in [2.75, 3.05) is 12.0 Å². The molecule has 2 amide bonds. The fraction of sp³-hybridized carbons (Fsp3) is 0.478. The van der Waals surface area contributed by atoms with Crippen molar-refractivity contribution < 1.29 is 18.7 Å². The summed E-state index contributed by atoms with van der Waals surface area (Å²) in [5.41, 5.74) is 0.970. The second kappa shape index (κ2) is 11.7. The van der Waals surface area contributed by atoms with Gasteiger partial charge in [-0.3, -0.25) is 9.59 Å². The van der Waals surface area contributed by atoms with Gasteiger partial charge in [0, 0.05) is 6.54 Å². The minimum absolute atomic E-state index is 0.199. The first-order valence-electron chi connectivity index (χ1n) is 10.5. The van der Waals surface area contributed by atoms with Crippen LogP contribution in [0.15, 0.2) is 47.1 Å². The predicted molar refractivity (Wildman–Crippen MR) is 119 cm³/mol. The summed E-state index contributed by atoms with van der Waals surface area (Å²) in [7, 11) is 0. The molecule has 6 nitrogen and oxygen atoms in total. The fourth-order valence-electron chi connectivity index (χ4n) is 3.56. The van der Waals surface area contributed by atoms with Crippen molar-refractivity contribution in [3.63, 3.8) is 0 Å². The number of hydrogen-bond donors (Lipinski definition) is 2. The van der Waals surface area contributed by atoms with Crippen molar-refractivity contribution in [2.24, 2.45) is 0 Å². The van der Waals surface area contributed by atoms with Gasteiger partial charge in [0.2, 0.25) is 5.91 Å². The first-order valence-corrected chi connectivity index (χ1v) is 11.9. The molecule has 30 heavy (non-hydrogen) atoms. The van der Waals surface area contributed by atoms with Gasteiger partial charge in [-0.15, -0.1) is 0 Å². The van der Waals surface area contributed by atoms with Crippen LogP contribution in [-0.4, -0.2) is 36.0 Å². The Morgan fingerprint density at radius 1 is 1.20 bits per heavy atom. The Kier molecular flexibility index (Phi) is 8.68. The van der Waals surface area contributed by atoms with Gasteiger partial charge in [0.05, 0.1) is 12.4 Å². The summed E-state index contributed by atoms with van der Waals surface area (Å²) < 4.78 is 11.2. The lowest BCUT2D eigenvalue weighted by atomic mass is 9.98. The second-order valence-electron chi connectivity index (χ2n) is 7.53. The molecule has 7 heteroatoms. The van der Waals surface area contributed by atoms with Gasteiger partial charge in [-0.25, -0.2) is 0 Å². The molecule has 0 spiro atoms. The third-order valence-corrected chi connectivity index (χ3v) is 5.84. The van der Waals surface area contributed by atoms with Crippen molar-refractivity contribution in [3.05, 3.63) is 54.0 Å². The van der Waals surface area contributed by atoms with Crippen molar-refractivity contribution in [3.8, 4) is 5.75 Å². The molecule has 1 heterocycles. The number of rotatable bonds is 10. The third kappa shape index (κ3) is 6.83. The molecule has 0 saturated heterocycles. The Morgan fingerprint density at radius 3 is 2.77 bits per heavy atom. The molecule has 2 N–H and O–H groups in total. The standard InChI is InChI=1S/C23H30N2O4S/c1-30-14-12-20(25-23(27)21-11-6-13-28-21)22(26)24-16-17-7-5-10-19(15-17)29-18-8-3-2-4-9-18/h5-7,10-11,13,15,18,20H,2-4,8-9,12,14,16H2,1H3,(H,24,26)(H,25,27). The van der Waals surface area contributed by atoms with Crippen LogP contribution >= 0.6 is 11.8 Å². The molecule has 0 aliphatic heterocycles. The van der Waals surface area contributed by atoms with Crippen molar-refractivity contribution >= 4 is 23.6 Å². The molecule has 2 aromatic rings. The Morgan fingerprint density at radius 2 is 2.03 bits per heavy atom. The summed E-state index contributed by atoms with van der Waals surface area (Å²) >= 11 is 1.63. The van der Waals surface area contributed by atoms with E-state index in [1.54, 1.807) is 23.9 Å². The maximum absolute atomic E-state index is 12.7. The maximum atomic E-state index is 12.7. The highest BCUT2D eigenvalue weighted by Gasteiger charge is 2.22. The minimum atomic E-state index is -0.614. The molecule has 1 unspecified atom stereocenters. The van der Waals surface area contributed by atoms with Crippen LogP contribution in [-0.2, 0) is 11.3 Å².